The van der Waals surface area contributed by atoms with Crippen LogP contribution >= 0.6 is 11.3 Å². The van der Waals surface area contributed by atoms with E-state index in [1.165, 1.54) is 36.3 Å². The number of urea groups is 1. The number of aromatic nitrogens is 1. The fourth-order valence-corrected chi connectivity index (χ4v) is 4.23. The zero-order chi connectivity index (χ0) is 17.9. The standard InChI is InChI=1S/C16H20N4O3S2/c1-12-4-6-14(7-5-12)25(22,23)19-15(21)18-16-17-13(11-24-16)10-20-8-2-3-9-20/h4-7,11H,2-3,8-10H2,1H3,(H2,17,18,19,21). The van der Waals surface area contributed by atoms with Gasteiger partial charge < -0.3 is 0 Å². The predicted molar refractivity (Wildman–Crippen MR) is 97.1 cm³/mol. The number of carbonyl (C=O) groups excluding carboxylic acids is 1. The van der Waals surface area contributed by atoms with Gasteiger partial charge in [0.25, 0.3) is 10.0 Å². The average molecular weight is 380 g/mol. The number of aryl methyl sites for hydroxylation is 1. The summed E-state index contributed by atoms with van der Waals surface area (Å²) in [6.45, 7) is 4.74. The molecule has 2 amide bonds. The summed E-state index contributed by atoms with van der Waals surface area (Å²) in [4.78, 5) is 18.7. The minimum atomic E-state index is -3.90. The molecule has 2 heterocycles. The van der Waals surface area contributed by atoms with Gasteiger partial charge in [0.05, 0.1) is 10.6 Å². The number of sulfonamides is 1. The third-order valence-electron chi connectivity index (χ3n) is 3.91. The Morgan fingerprint density at radius 1 is 1.24 bits per heavy atom. The summed E-state index contributed by atoms with van der Waals surface area (Å²) in [5.41, 5.74) is 1.82. The molecule has 9 heteroatoms. The molecule has 1 aromatic heterocycles. The van der Waals surface area contributed by atoms with Crippen LogP contribution in [0.3, 0.4) is 0 Å². The first-order valence-electron chi connectivity index (χ1n) is 8.00. The van der Waals surface area contributed by atoms with Crippen molar-refractivity contribution in [1.82, 2.24) is 14.6 Å². The Balaban J connectivity index is 1.58. The summed E-state index contributed by atoms with van der Waals surface area (Å²) in [6.07, 6.45) is 2.41. The van der Waals surface area contributed by atoms with Crippen molar-refractivity contribution in [3.8, 4) is 0 Å². The van der Waals surface area contributed by atoms with E-state index in [-0.39, 0.29) is 4.90 Å². The Morgan fingerprint density at radius 3 is 2.60 bits per heavy atom. The Hall–Kier alpha value is -1.97. The van der Waals surface area contributed by atoms with Gasteiger partial charge in [-0.15, -0.1) is 11.3 Å². The van der Waals surface area contributed by atoms with Crippen molar-refractivity contribution in [3.63, 3.8) is 0 Å². The van der Waals surface area contributed by atoms with Crippen molar-refractivity contribution in [2.75, 3.05) is 18.4 Å². The molecule has 134 valence electrons. The van der Waals surface area contributed by atoms with Crippen molar-refractivity contribution in [2.24, 2.45) is 0 Å². The summed E-state index contributed by atoms with van der Waals surface area (Å²) >= 11 is 1.28. The zero-order valence-corrected chi connectivity index (χ0v) is 15.5. The van der Waals surface area contributed by atoms with Gasteiger partial charge in [-0.1, -0.05) is 17.7 Å². The molecular formula is C16H20N4O3S2. The van der Waals surface area contributed by atoms with E-state index in [0.29, 0.717) is 5.13 Å². The Bertz CT molecular complexity index is 841. The van der Waals surface area contributed by atoms with Crippen LogP contribution in [0.1, 0.15) is 24.1 Å². The molecule has 1 aliphatic heterocycles. The van der Waals surface area contributed by atoms with Crippen LogP contribution in [0.4, 0.5) is 9.93 Å². The molecule has 0 spiro atoms. The lowest BCUT2D eigenvalue weighted by atomic mass is 10.2. The largest absolute Gasteiger partial charge is 0.334 e. The SMILES string of the molecule is Cc1ccc(S(=O)(=O)NC(=O)Nc2nc(CN3CCCC3)cs2)cc1. The molecule has 1 aromatic carbocycles. The van der Waals surface area contributed by atoms with Gasteiger partial charge in [0.1, 0.15) is 0 Å². The molecule has 2 N–H and O–H groups in total. The van der Waals surface area contributed by atoms with Crippen LogP contribution in [-0.4, -0.2) is 37.4 Å². The first kappa shape index (κ1) is 17.8. The molecule has 1 aliphatic rings. The number of carbonyl (C=O) groups is 1. The third kappa shape index (κ3) is 4.77. The number of hydrogen-bond donors (Lipinski definition) is 2. The van der Waals surface area contributed by atoms with Crippen molar-refractivity contribution in [1.29, 1.82) is 0 Å². The van der Waals surface area contributed by atoms with E-state index in [1.807, 2.05) is 17.0 Å². The molecule has 7 nitrogen and oxygen atoms in total. The van der Waals surface area contributed by atoms with E-state index in [0.717, 1.165) is 30.9 Å². The van der Waals surface area contributed by atoms with Gasteiger partial charge >= 0.3 is 6.03 Å². The van der Waals surface area contributed by atoms with Gasteiger partial charge in [0, 0.05) is 11.9 Å². The van der Waals surface area contributed by atoms with Gasteiger partial charge in [-0.25, -0.2) is 22.9 Å². The zero-order valence-electron chi connectivity index (χ0n) is 13.9. The monoisotopic (exact) mass is 380 g/mol. The van der Waals surface area contributed by atoms with E-state index in [9.17, 15) is 13.2 Å². The van der Waals surface area contributed by atoms with Crippen molar-refractivity contribution >= 4 is 32.5 Å². The summed E-state index contributed by atoms with van der Waals surface area (Å²) in [5, 5.41) is 4.74. The molecule has 25 heavy (non-hydrogen) atoms. The Morgan fingerprint density at radius 2 is 1.92 bits per heavy atom. The van der Waals surface area contributed by atoms with E-state index in [1.54, 1.807) is 12.1 Å². The highest BCUT2D eigenvalue weighted by atomic mass is 32.2. The number of benzene rings is 1. The maximum Gasteiger partial charge on any atom is 0.334 e. The summed E-state index contributed by atoms with van der Waals surface area (Å²) < 4.78 is 26.4. The van der Waals surface area contributed by atoms with Gasteiger partial charge in [0.2, 0.25) is 0 Å². The normalized spacial score (nSPS) is 15.2. The molecule has 3 rings (SSSR count). The molecule has 0 radical (unpaired) electrons. The molecule has 0 bridgehead atoms. The first-order chi connectivity index (χ1) is 11.9. The van der Waals surface area contributed by atoms with Gasteiger partial charge in [-0.2, -0.15) is 0 Å². The van der Waals surface area contributed by atoms with Crippen LogP contribution in [0.5, 0.6) is 0 Å². The fourth-order valence-electron chi connectivity index (χ4n) is 2.63. The minimum Gasteiger partial charge on any atom is -0.297 e. The number of amides is 2. The molecule has 1 fully saturated rings. The molecule has 0 saturated carbocycles. The van der Waals surface area contributed by atoms with Gasteiger partial charge in [-0.3, -0.25) is 10.2 Å². The number of nitrogens with zero attached hydrogens (tertiary/aromatic N) is 2. The van der Waals surface area contributed by atoms with Crippen LogP contribution < -0.4 is 10.0 Å². The molecular weight excluding hydrogens is 360 g/mol. The molecule has 0 atom stereocenters. The second-order valence-electron chi connectivity index (χ2n) is 6.00. The van der Waals surface area contributed by atoms with Gasteiger partial charge in [0.15, 0.2) is 5.13 Å². The average Bonchev–Trinajstić information content (AvgIpc) is 3.20. The van der Waals surface area contributed by atoms with Crippen molar-refractivity contribution < 1.29 is 13.2 Å². The maximum absolute atomic E-state index is 12.2. The van der Waals surface area contributed by atoms with E-state index in [2.05, 4.69) is 15.2 Å². The predicted octanol–water partition coefficient (Wildman–Crippen LogP) is 2.56. The number of hydrogen-bond acceptors (Lipinski definition) is 6. The first-order valence-corrected chi connectivity index (χ1v) is 10.4. The Labute approximate surface area is 151 Å². The second-order valence-corrected chi connectivity index (χ2v) is 8.54. The van der Waals surface area contributed by atoms with Gasteiger partial charge in [-0.05, 0) is 45.0 Å². The van der Waals surface area contributed by atoms with Crippen LogP contribution in [0.2, 0.25) is 0 Å². The number of nitrogens with one attached hydrogen (secondary N) is 2. The van der Waals surface area contributed by atoms with Crippen molar-refractivity contribution in [3.05, 3.63) is 40.9 Å². The highest BCUT2D eigenvalue weighted by Gasteiger charge is 2.19. The lowest BCUT2D eigenvalue weighted by Gasteiger charge is -2.11. The lowest BCUT2D eigenvalue weighted by molar-refractivity contribution is 0.256. The minimum absolute atomic E-state index is 0.0436. The summed E-state index contributed by atoms with van der Waals surface area (Å²) in [6, 6.07) is 5.46. The topological polar surface area (TPSA) is 91.4 Å². The number of thiazole rings is 1. The number of anilines is 1. The van der Waals surface area contributed by atoms with E-state index >= 15 is 0 Å². The third-order valence-corrected chi connectivity index (χ3v) is 6.07. The van der Waals surface area contributed by atoms with Crippen LogP contribution in [-0.2, 0) is 16.6 Å². The summed E-state index contributed by atoms with van der Waals surface area (Å²) in [7, 11) is -3.90. The number of likely N-dealkylation sites (tertiary alicyclic amines) is 1. The quantitative estimate of drug-likeness (QED) is 0.832. The highest BCUT2D eigenvalue weighted by Crippen LogP contribution is 2.19. The van der Waals surface area contributed by atoms with Crippen LogP contribution in [0, 0.1) is 6.92 Å². The molecule has 1 saturated heterocycles. The number of rotatable bonds is 5. The molecule has 0 aliphatic carbocycles. The molecule has 0 unspecified atom stereocenters. The highest BCUT2D eigenvalue weighted by molar-refractivity contribution is 7.90. The second kappa shape index (κ2) is 7.51. The van der Waals surface area contributed by atoms with E-state index < -0.39 is 16.1 Å². The van der Waals surface area contributed by atoms with Crippen molar-refractivity contribution in [2.45, 2.75) is 31.2 Å². The maximum atomic E-state index is 12.2. The fraction of sp³-hybridized carbons (Fsp3) is 0.375. The molecule has 2 aromatic rings. The van der Waals surface area contributed by atoms with Crippen LogP contribution in [0.25, 0.3) is 0 Å². The van der Waals surface area contributed by atoms with Crippen LogP contribution in [0.15, 0.2) is 34.5 Å². The Kier molecular flexibility index (Phi) is 5.36. The lowest BCUT2D eigenvalue weighted by Crippen LogP contribution is -2.34. The van der Waals surface area contributed by atoms with E-state index in [4.69, 9.17) is 0 Å². The summed E-state index contributed by atoms with van der Waals surface area (Å²) in [5.74, 6) is 0. The smallest absolute Gasteiger partial charge is 0.297 e.